The van der Waals surface area contributed by atoms with Crippen LogP contribution in [0.3, 0.4) is 0 Å². The summed E-state index contributed by atoms with van der Waals surface area (Å²) in [5.41, 5.74) is 8.23. The van der Waals surface area contributed by atoms with Crippen LogP contribution in [0.4, 0.5) is 22.0 Å². The highest BCUT2D eigenvalue weighted by Crippen LogP contribution is 2.41. The molecule has 0 N–H and O–H groups in total. The van der Waals surface area contributed by atoms with Gasteiger partial charge in [0.05, 0.1) is 88.6 Å². The number of nitrogens with zero attached hydrogens (tertiary/aromatic N) is 13. The molecule has 6 heterocycles. The van der Waals surface area contributed by atoms with Crippen LogP contribution in [0, 0.1) is 48.9 Å². The zero-order chi connectivity index (χ0) is 63.8. The number of ether oxygens (including phenoxy) is 3. The van der Waals surface area contributed by atoms with Gasteiger partial charge in [0, 0.05) is 131 Å². The van der Waals surface area contributed by atoms with Crippen LogP contribution >= 0.6 is 0 Å². The number of aryl methyl sites for hydroxylation is 7. The molecule has 19 nitrogen and oxygen atoms in total. The molecule has 89 heavy (non-hydrogen) atoms. The Labute approximate surface area is 511 Å². The number of rotatable bonds is 17. The molecule has 0 amide bonds. The Hall–Kier alpha value is -8.75. The lowest BCUT2D eigenvalue weighted by atomic mass is 10.0. The first-order valence-corrected chi connectivity index (χ1v) is 30.1. The maximum Gasteiger partial charge on any atom is 0.390 e. The third-order valence-electron chi connectivity index (χ3n) is 17.6. The predicted molar refractivity (Wildman–Crippen MR) is 324 cm³/mol. The minimum absolute atomic E-state index is 0.0519. The van der Waals surface area contributed by atoms with E-state index in [1.807, 2.05) is 109 Å². The lowest BCUT2D eigenvalue weighted by molar-refractivity contribution is -0.137. The number of Topliss-reactive ketones (excluding diaryl/α,β-unsaturated/α-hetero) is 3. The van der Waals surface area contributed by atoms with E-state index in [-0.39, 0.29) is 66.1 Å². The van der Waals surface area contributed by atoms with Gasteiger partial charge in [-0.15, -0.1) is 0 Å². The fourth-order valence-electron chi connectivity index (χ4n) is 12.0. The molecule has 3 aromatic carbocycles. The summed E-state index contributed by atoms with van der Waals surface area (Å²) in [4.78, 5) is 35.0. The van der Waals surface area contributed by atoms with Gasteiger partial charge in [-0.25, -0.2) is 9.07 Å². The van der Waals surface area contributed by atoms with Crippen molar-refractivity contribution >= 4 is 50.1 Å². The van der Waals surface area contributed by atoms with Crippen LogP contribution in [-0.4, -0.2) is 107 Å². The molecule has 3 fully saturated rings. The first-order valence-electron chi connectivity index (χ1n) is 30.1. The second-order valence-corrected chi connectivity index (χ2v) is 24.4. The summed E-state index contributed by atoms with van der Waals surface area (Å²) in [6.07, 6.45) is 10.4. The van der Waals surface area contributed by atoms with Gasteiger partial charge >= 0.3 is 6.18 Å². The Bertz CT molecular complexity index is 4140. The van der Waals surface area contributed by atoms with Crippen molar-refractivity contribution in [2.24, 2.45) is 38.9 Å². The standard InChI is InChI=1S/C23H27N5O2.C21H22F4N4O2.C21H25FN4O2/c1-14-22-20(26-27(14)5)9-17(18-11-25-28(12-18)23(3,4)13-24)10-21(22)30-15(2)16-6-7-19(29)8-16;1-12(13-3-4-16(30)7-13)31-18-9-14(8-17-19(18)20(22)28(2)27-17)15-10-26-29(11-15)6-5-21(23,24)25;1-13-21-19(24-25(13)3)9-16(17-11-23-26(12-17)7-6-22)10-20(21)28-14(2)15-4-5-18(27)8-15/h9-12,15-16H,6-8H2,1-5H3;8-13H,3-7H2,1-2H3;9-12,14-15H,4-8H2,1-3H3/t15-,16+;12-,13+;14-,15+/m111/s1. The summed E-state index contributed by atoms with van der Waals surface area (Å²) < 4.78 is 93.0. The van der Waals surface area contributed by atoms with E-state index in [1.54, 1.807) is 33.9 Å². The summed E-state index contributed by atoms with van der Waals surface area (Å²) in [5.74, 6) is 2.64. The number of hydrogen-bond acceptors (Lipinski definition) is 13. The average molecular weight is 1230 g/mol. The number of carbonyl (C=O) groups excluding carboxylic acids is 3. The molecule has 0 aliphatic heterocycles. The Balaban J connectivity index is 0.000000147. The minimum atomic E-state index is -4.27. The summed E-state index contributed by atoms with van der Waals surface area (Å²) in [5, 5.41) is 37.7. The van der Waals surface area contributed by atoms with Crippen molar-refractivity contribution in [3.8, 4) is 56.7 Å². The van der Waals surface area contributed by atoms with E-state index >= 15 is 0 Å². The molecule has 9 aromatic rings. The molecule has 3 aliphatic rings. The van der Waals surface area contributed by atoms with Crippen LogP contribution in [-0.2, 0) is 54.2 Å². The Morgan fingerprint density at radius 1 is 0.573 bits per heavy atom. The van der Waals surface area contributed by atoms with Crippen LogP contribution in [0.5, 0.6) is 17.2 Å². The molecule has 12 rings (SSSR count). The van der Waals surface area contributed by atoms with Crippen molar-refractivity contribution < 1.29 is 50.5 Å². The van der Waals surface area contributed by atoms with Crippen molar-refractivity contribution in [3.05, 3.63) is 90.9 Å². The number of aromatic nitrogens is 12. The van der Waals surface area contributed by atoms with Gasteiger partial charge in [0.1, 0.15) is 46.8 Å². The number of nitriles is 1. The fourth-order valence-corrected chi connectivity index (χ4v) is 12.0. The van der Waals surface area contributed by atoms with Gasteiger partial charge in [-0.05, 0) is 121 Å². The number of carbonyl (C=O) groups is 3. The Morgan fingerprint density at radius 2 is 0.955 bits per heavy atom. The minimum Gasteiger partial charge on any atom is -0.490 e. The van der Waals surface area contributed by atoms with Gasteiger partial charge in [0.25, 0.3) is 0 Å². The van der Waals surface area contributed by atoms with E-state index in [0.29, 0.717) is 66.7 Å². The molecule has 0 bridgehead atoms. The van der Waals surface area contributed by atoms with Gasteiger partial charge in [0.2, 0.25) is 5.95 Å². The molecule has 0 saturated heterocycles. The molecule has 3 saturated carbocycles. The fraction of sp³-hybridized carbons (Fsp3) is 0.477. The van der Waals surface area contributed by atoms with E-state index in [2.05, 4.69) is 36.7 Å². The van der Waals surface area contributed by atoms with Crippen molar-refractivity contribution in [1.29, 1.82) is 5.26 Å². The summed E-state index contributed by atoms with van der Waals surface area (Å²) in [7, 11) is 5.31. The third kappa shape index (κ3) is 14.1. The Morgan fingerprint density at radius 3 is 1.35 bits per heavy atom. The SMILES string of the molecule is C[C@@H](Oc1cc(-c2cnn(CCC(F)(F)F)c2)cc2nn(C)c(F)c12)[C@H]1CCC(=O)C1.Cc1c2c(O[C@H](C)[C@H]3CCC(=O)C3)cc(-c3cnn(C(C)(C)C#N)c3)cc2nn1C.Cc1c2c(O[C@H](C)[C@H]3CCC(=O)C3)cc(-c3cnn(CCF)c3)cc2nn1C. The molecule has 3 aliphatic carbocycles. The number of fused-ring (bicyclic) bond motifs is 3. The molecule has 6 atom stereocenters. The highest BCUT2D eigenvalue weighted by Gasteiger charge is 2.33. The van der Waals surface area contributed by atoms with Gasteiger partial charge in [0.15, 0.2) is 0 Å². The molecule has 470 valence electrons. The second-order valence-electron chi connectivity index (χ2n) is 24.4. The first-order chi connectivity index (χ1) is 42.3. The number of alkyl halides is 4. The predicted octanol–water partition coefficient (Wildman–Crippen LogP) is 12.7. The summed E-state index contributed by atoms with van der Waals surface area (Å²) in [6, 6.07) is 13.6. The van der Waals surface area contributed by atoms with E-state index in [9.17, 15) is 41.6 Å². The quantitative estimate of drug-likeness (QED) is 0.0778. The monoisotopic (exact) mass is 1230 g/mol. The smallest absolute Gasteiger partial charge is 0.390 e. The zero-order valence-corrected chi connectivity index (χ0v) is 51.7. The third-order valence-corrected chi connectivity index (χ3v) is 17.6. The van der Waals surface area contributed by atoms with Gasteiger partial charge in [-0.1, -0.05) is 0 Å². The van der Waals surface area contributed by atoms with Crippen LogP contribution in [0.25, 0.3) is 66.1 Å². The molecular weight excluding hydrogens is 1150 g/mol. The zero-order valence-electron chi connectivity index (χ0n) is 51.7. The number of halogens is 5. The number of benzene rings is 3. The molecule has 6 aromatic heterocycles. The first kappa shape index (κ1) is 63.3. The van der Waals surface area contributed by atoms with Crippen LogP contribution < -0.4 is 14.2 Å². The van der Waals surface area contributed by atoms with E-state index in [0.717, 1.165) is 90.9 Å². The normalized spacial score (nSPS) is 18.1. The van der Waals surface area contributed by atoms with Gasteiger partial charge in [-0.2, -0.15) is 53.4 Å². The maximum atomic E-state index is 14.7. The number of ketones is 3. The van der Waals surface area contributed by atoms with E-state index in [1.165, 1.54) is 24.1 Å². The Kier molecular flexibility index (Phi) is 18.3. The molecule has 0 unspecified atom stereocenters. The summed E-state index contributed by atoms with van der Waals surface area (Å²) >= 11 is 0. The van der Waals surface area contributed by atoms with Crippen LogP contribution in [0.2, 0.25) is 0 Å². The lowest BCUT2D eigenvalue weighted by Crippen LogP contribution is -2.24. The largest absolute Gasteiger partial charge is 0.490 e. The van der Waals surface area contributed by atoms with Gasteiger partial charge in [-0.3, -0.25) is 37.8 Å². The molecule has 0 radical (unpaired) electrons. The van der Waals surface area contributed by atoms with Crippen molar-refractivity contribution in [2.45, 2.75) is 156 Å². The molecule has 0 spiro atoms. The van der Waals surface area contributed by atoms with Crippen molar-refractivity contribution in [2.75, 3.05) is 6.67 Å². The van der Waals surface area contributed by atoms with Crippen LogP contribution in [0.1, 0.15) is 110 Å². The topological polar surface area (TPSA) is 210 Å². The molecular formula is C65H74F5N13O6. The van der Waals surface area contributed by atoms with Crippen molar-refractivity contribution in [1.82, 2.24) is 58.7 Å². The average Bonchev–Trinajstić information content (AvgIpc) is 1.81. The lowest BCUT2D eigenvalue weighted by Gasteiger charge is -2.21. The van der Waals surface area contributed by atoms with E-state index < -0.39 is 30.8 Å². The van der Waals surface area contributed by atoms with E-state index in [4.69, 9.17) is 14.2 Å². The molecule has 24 heteroatoms. The van der Waals surface area contributed by atoms with Crippen LogP contribution in [0.15, 0.2) is 73.6 Å². The maximum absolute atomic E-state index is 14.7. The highest BCUT2D eigenvalue weighted by atomic mass is 19.4. The highest BCUT2D eigenvalue weighted by molar-refractivity contribution is 5.94. The summed E-state index contributed by atoms with van der Waals surface area (Å²) in [6.45, 7) is 13.1. The second kappa shape index (κ2) is 25.8. The van der Waals surface area contributed by atoms with Gasteiger partial charge < -0.3 is 14.2 Å². The number of hydrogen-bond donors (Lipinski definition) is 0. The van der Waals surface area contributed by atoms with Crippen molar-refractivity contribution in [3.63, 3.8) is 0 Å².